The lowest BCUT2D eigenvalue weighted by Crippen LogP contribution is -2.22. The van der Waals surface area contributed by atoms with Crippen LogP contribution >= 0.6 is 11.3 Å². The molecule has 24 heavy (non-hydrogen) atoms. The molecule has 0 aromatic carbocycles. The molecule has 1 aromatic rings. The summed E-state index contributed by atoms with van der Waals surface area (Å²) in [6.07, 6.45) is 2.92. The van der Waals surface area contributed by atoms with Crippen molar-refractivity contribution in [2.75, 3.05) is 18.5 Å². The van der Waals surface area contributed by atoms with Crippen LogP contribution in [0, 0.1) is 11.8 Å². The SMILES string of the molecule is CCOC(=O)c1c(C2CC2)csc1NC(=O)COC(=O)[C@@H]1C[C@H]1C. The van der Waals surface area contributed by atoms with Gasteiger partial charge in [0.1, 0.15) is 5.00 Å². The van der Waals surface area contributed by atoms with Crippen molar-refractivity contribution in [1.29, 1.82) is 0 Å². The summed E-state index contributed by atoms with van der Waals surface area (Å²) in [6.45, 7) is 3.67. The van der Waals surface area contributed by atoms with Crippen LogP contribution in [0.25, 0.3) is 0 Å². The molecule has 1 amide bonds. The van der Waals surface area contributed by atoms with Crippen LogP contribution in [0.4, 0.5) is 5.00 Å². The van der Waals surface area contributed by atoms with E-state index >= 15 is 0 Å². The van der Waals surface area contributed by atoms with E-state index < -0.39 is 11.9 Å². The molecule has 3 rings (SSSR count). The summed E-state index contributed by atoms with van der Waals surface area (Å²) >= 11 is 1.31. The molecule has 0 aliphatic heterocycles. The molecule has 0 unspecified atom stereocenters. The highest BCUT2D eigenvalue weighted by Gasteiger charge is 2.40. The van der Waals surface area contributed by atoms with Crippen LogP contribution in [0.5, 0.6) is 0 Å². The van der Waals surface area contributed by atoms with Crippen molar-refractivity contribution in [3.63, 3.8) is 0 Å². The second-order valence-corrected chi connectivity index (χ2v) is 7.24. The number of esters is 2. The van der Waals surface area contributed by atoms with Crippen LogP contribution in [0.1, 0.15) is 54.9 Å². The third kappa shape index (κ3) is 3.77. The molecule has 0 spiro atoms. The highest BCUT2D eigenvalue weighted by molar-refractivity contribution is 7.15. The molecule has 2 aliphatic carbocycles. The van der Waals surface area contributed by atoms with Crippen LogP contribution < -0.4 is 5.32 Å². The number of hydrogen-bond acceptors (Lipinski definition) is 6. The van der Waals surface area contributed by atoms with E-state index in [1.54, 1.807) is 6.92 Å². The Bertz CT molecular complexity index is 664. The van der Waals surface area contributed by atoms with E-state index in [1.165, 1.54) is 11.3 Å². The van der Waals surface area contributed by atoms with E-state index in [4.69, 9.17) is 9.47 Å². The van der Waals surface area contributed by atoms with Crippen LogP contribution in [0.15, 0.2) is 5.38 Å². The van der Waals surface area contributed by atoms with Crippen molar-refractivity contribution in [3.8, 4) is 0 Å². The summed E-state index contributed by atoms with van der Waals surface area (Å²) in [5, 5.41) is 5.05. The van der Waals surface area contributed by atoms with Gasteiger partial charge in [-0.25, -0.2) is 4.79 Å². The van der Waals surface area contributed by atoms with Gasteiger partial charge in [-0.3, -0.25) is 9.59 Å². The lowest BCUT2D eigenvalue weighted by Gasteiger charge is -2.08. The van der Waals surface area contributed by atoms with Crippen LogP contribution in [0.3, 0.4) is 0 Å². The van der Waals surface area contributed by atoms with Crippen molar-refractivity contribution in [2.45, 2.75) is 39.0 Å². The largest absolute Gasteiger partial charge is 0.462 e. The molecule has 6 nitrogen and oxygen atoms in total. The molecule has 7 heteroatoms. The normalized spacial score (nSPS) is 21.9. The number of carbonyl (C=O) groups excluding carboxylic acids is 3. The first-order valence-electron chi connectivity index (χ1n) is 8.26. The summed E-state index contributed by atoms with van der Waals surface area (Å²) in [7, 11) is 0. The Morgan fingerprint density at radius 1 is 1.29 bits per heavy atom. The van der Waals surface area contributed by atoms with Gasteiger partial charge in [0, 0.05) is 0 Å². The molecule has 1 heterocycles. The smallest absolute Gasteiger partial charge is 0.341 e. The van der Waals surface area contributed by atoms with E-state index in [1.807, 2.05) is 12.3 Å². The molecular formula is C17H21NO5S. The van der Waals surface area contributed by atoms with Gasteiger partial charge in [-0.05, 0) is 49.0 Å². The lowest BCUT2D eigenvalue weighted by molar-refractivity contribution is -0.148. The summed E-state index contributed by atoms with van der Waals surface area (Å²) in [5.74, 6) is -0.537. The van der Waals surface area contributed by atoms with Gasteiger partial charge in [0.05, 0.1) is 18.1 Å². The number of rotatable bonds is 7. The zero-order valence-corrected chi connectivity index (χ0v) is 14.6. The van der Waals surface area contributed by atoms with E-state index in [0.717, 1.165) is 24.8 Å². The van der Waals surface area contributed by atoms with E-state index in [0.29, 0.717) is 22.4 Å². The Balaban J connectivity index is 1.62. The fraction of sp³-hybridized carbons (Fsp3) is 0.588. The topological polar surface area (TPSA) is 81.7 Å². The second-order valence-electron chi connectivity index (χ2n) is 6.37. The maximum atomic E-state index is 12.2. The Hall–Kier alpha value is -1.89. The van der Waals surface area contributed by atoms with Gasteiger partial charge in [0.25, 0.3) is 5.91 Å². The maximum Gasteiger partial charge on any atom is 0.341 e. The summed E-state index contributed by atoms with van der Waals surface area (Å²) in [6, 6.07) is 0. The van der Waals surface area contributed by atoms with Crippen molar-refractivity contribution >= 4 is 34.2 Å². The summed E-state index contributed by atoms with van der Waals surface area (Å²) in [4.78, 5) is 35.9. The van der Waals surface area contributed by atoms with Gasteiger partial charge in [-0.1, -0.05) is 6.92 Å². The molecule has 2 atom stereocenters. The minimum Gasteiger partial charge on any atom is -0.462 e. The molecule has 2 saturated carbocycles. The van der Waals surface area contributed by atoms with Gasteiger partial charge in [-0.2, -0.15) is 0 Å². The van der Waals surface area contributed by atoms with Gasteiger partial charge in [-0.15, -0.1) is 11.3 Å². The highest BCUT2D eigenvalue weighted by atomic mass is 32.1. The van der Waals surface area contributed by atoms with Gasteiger partial charge in [0.2, 0.25) is 0 Å². The average molecular weight is 351 g/mol. The number of thiophene rings is 1. The average Bonchev–Trinajstić information content (AvgIpc) is 3.46. The van der Waals surface area contributed by atoms with Crippen molar-refractivity contribution in [3.05, 3.63) is 16.5 Å². The lowest BCUT2D eigenvalue weighted by atomic mass is 10.1. The molecule has 2 aliphatic rings. The Morgan fingerprint density at radius 2 is 2.00 bits per heavy atom. The Kier molecular flexibility index (Phi) is 4.89. The van der Waals surface area contributed by atoms with E-state index in [2.05, 4.69) is 5.32 Å². The van der Waals surface area contributed by atoms with Gasteiger partial charge in [0.15, 0.2) is 6.61 Å². The molecule has 1 N–H and O–H groups in total. The second kappa shape index (κ2) is 6.93. The Morgan fingerprint density at radius 3 is 2.58 bits per heavy atom. The predicted molar refractivity (Wildman–Crippen MR) is 89.1 cm³/mol. The standard InChI is InChI=1S/C17H21NO5S/c1-3-22-17(21)14-12(10-4-5-10)8-24-15(14)18-13(19)7-23-16(20)11-6-9(11)2/h8-11H,3-7H2,1-2H3,(H,18,19)/t9-,11-/m1/s1. The van der Waals surface area contributed by atoms with E-state index in [9.17, 15) is 14.4 Å². The zero-order chi connectivity index (χ0) is 17.3. The monoisotopic (exact) mass is 351 g/mol. The first-order valence-corrected chi connectivity index (χ1v) is 9.14. The molecule has 130 valence electrons. The third-order valence-corrected chi connectivity index (χ3v) is 5.24. The van der Waals surface area contributed by atoms with Crippen LogP contribution in [0.2, 0.25) is 0 Å². The quantitative estimate of drug-likeness (QED) is 0.764. The minimum atomic E-state index is -0.439. The summed E-state index contributed by atoms with van der Waals surface area (Å²) < 4.78 is 10.1. The van der Waals surface area contributed by atoms with Crippen molar-refractivity contribution in [2.24, 2.45) is 11.8 Å². The molecule has 0 saturated heterocycles. The number of ether oxygens (including phenoxy) is 2. The van der Waals surface area contributed by atoms with Crippen LogP contribution in [-0.2, 0) is 19.1 Å². The minimum absolute atomic E-state index is 0.0731. The molecule has 0 radical (unpaired) electrons. The molecule has 1 aromatic heterocycles. The first-order chi connectivity index (χ1) is 11.5. The van der Waals surface area contributed by atoms with Gasteiger partial charge >= 0.3 is 11.9 Å². The number of amides is 1. The maximum absolute atomic E-state index is 12.2. The van der Waals surface area contributed by atoms with E-state index in [-0.39, 0.29) is 25.1 Å². The number of hydrogen-bond donors (Lipinski definition) is 1. The highest BCUT2D eigenvalue weighted by Crippen LogP contribution is 2.46. The number of carbonyl (C=O) groups is 3. The zero-order valence-electron chi connectivity index (χ0n) is 13.8. The number of nitrogens with one attached hydrogen (secondary N) is 1. The molecule has 2 fully saturated rings. The molecular weight excluding hydrogens is 330 g/mol. The van der Waals surface area contributed by atoms with Crippen molar-refractivity contribution in [1.82, 2.24) is 0 Å². The predicted octanol–water partition coefficient (Wildman–Crippen LogP) is 2.94. The first kappa shape index (κ1) is 17.0. The van der Waals surface area contributed by atoms with Crippen molar-refractivity contribution < 1.29 is 23.9 Å². The molecule has 0 bridgehead atoms. The summed E-state index contributed by atoms with van der Waals surface area (Å²) in [5.41, 5.74) is 1.39. The van der Waals surface area contributed by atoms with Gasteiger partial charge < -0.3 is 14.8 Å². The Labute approximate surface area is 144 Å². The fourth-order valence-corrected chi connectivity index (χ4v) is 3.68. The number of anilines is 1. The third-order valence-electron chi connectivity index (χ3n) is 4.33. The van der Waals surface area contributed by atoms with Crippen LogP contribution in [-0.4, -0.2) is 31.1 Å². The fourth-order valence-electron chi connectivity index (χ4n) is 2.63.